The molecule has 0 bridgehead atoms. The van der Waals surface area contributed by atoms with Crippen LogP contribution in [0.25, 0.3) is 33.0 Å². The molecule has 0 fully saturated rings. The monoisotopic (exact) mass is 454 g/mol. The summed E-state index contributed by atoms with van der Waals surface area (Å²) in [6.07, 6.45) is 0. The summed E-state index contributed by atoms with van der Waals surface area (Å²) in [6.45, 7) is 0. The Bertz CT molecular complexity index is 1220. The van der Waals surface area contributed by atoms with E-state index in [1.54, 1.807) is 30.3 Å². The Morgan fingerprint density at radius 2 is 1.28 bits per heavy atom. The molecule has 4 aromatic carbocycles. The van der Waals surface area contributed by atoms with Gasteiger partial charge in [0.05, 0.1) is 14.2 Å². The molecule has 2 nitrogen and oxygen atoms in total. The minimum Gasteiger partial charge on any atom is -0.496 e. The number of hydrogen-bond donors (Lipinski definition) is 0. The maximum Gasteiger partial charge on any atom is 0.132 e. The van der Waals surface area contributed by atoms with Gasteiger partial charge in [-0.3, -0.25) is 0 Å². The van der Waals surface area contributed by atoms with Crippen molar-refractivity contribution in [2.75, 3.05) is 14.2 Å². The van der Waals surface area contributed by atoms with Crippen molar-refractivity contribution in [2.45, 2.75) is 0 Å². The Kier molecular flexibility index (Phi) is 5.24. The van der Waals surface area contributed by atoms with E-state index < -0.39 is 5.82 Å². The molecule has 0 spiro atoms. The van der Waals surface area contributed by atoms with Crippen LogP contribution in [-0.4, -0.2) is 14.2 Å². The van der Waals surface area contributed by atoms with Gasteiger partial charge in [0.2, 0.25) is 0 Å². The van der Waals surface area contributed by atoms with Gasteiger partial charge in [-0.2, -0.15) is 0 Å². The minimum absolute atomic E-state index is 0.370. The molecule has 0 saturated carbocycles. The van der Waals surface area contributed by atoms with Crippen LogP contribution in [0.1, 0.15) is 0 Å². The van der Waals surface area contributed by atoms with Gasteiger partial charge >= 0.3 is 0 Å². The minimum atomic E-state index is -0.404. The van der Waals surface area contributed by atoms with Crippen molar-refractivity contribution in [3.8, 4) is 33.8 Å². The zero-order valence-electron chi connectivity index (χ0n) is 15.8. The van der Waals surface area contributed by atoms with Gasteiger partial charge in [-0.15, -0.1) is 0 Å². The van der Waals surface area contributed by atoms with E-state index in [1.807, 2.05) is 24.3 Å². The van der Waals surface area contributed by atoms with Crippen LogP contribution in [0.5, 0.6) is 11.5 Å². The van der Waals surface area contributed by atoms with Crippen molar-refractivity contribution in [2.24, 2.45) is 0 Å². The van der Waals surface area contributed by atoms with E-state index in [1.165, 1.54) is 26.4 Å². The van der Waals surface area contributed by atoms with E-state index >= 15 is 4.39 Å². The molecule has 4 rings (SSSR count). The van der Waals surface area contributed by atoms with Crippen LogP contribution in [0.15, 0.2) is 71.2 Å². The highest BCUT2D eigenvalue weighted by Gasteiger charge is 2.21. The number of benzene rings is 4. The Balaban J connectivity index is 2.09. The van der Waals surface area contributed by atoms with E-state index in [4.69, 9.17) is 9.47 Å². The molecule has 0 heterocycles. The molecule has 4 aromatic rings. The maximum atomic E-state index is 15.2. The maximum absolute atomic E-state index is 15.2. The molecule has 0 aliphatic heterocycles. The Morgan fingerprint density at radius 1 is 0.655 bits per heavy atom. The lowest BCUT2D eigenvalue weighted by atomic mass is 9.93. The Labute approximate surface area is 175 Å². The van der Waals surface area contributed by atoms with Crippen molar-refractivity contribution < 1.29 is 18.3 Å². The second-order valence-corrected chi connectivity index (χ2v) is 7.35. The predicted molar refractivity (Wildman–Crippen MR) is 116 cm³/mol. The Hall–Kier alpha value is -2.92. The number of rotatable bonds is 4. The number of fused-ring (bicyclic) bond motifs is 1. The number of halogens is 3. The average molecular weight is 455 g/mol. The first-order chi connectivity index (χ1) is 14.0. The van der Waals surface area contributed by atoms with Crippen LogP contribution in [0.3, 0.4) is 0 Å². The van der Waals surface area contributed by atoms with Gasteiger partial charge in [0.1, 0.15) is 23.1 Å². The lowest BCUT2D eigenvalue weighted by molar-refractivity contribution is 0.396. The standard InChI is InChI=1S/C24H17BrF2O2/c1-28-22-13-23(29-2)18(11-17(22)15-8-5-6-10-20(15)26)24-16-9-4-3-7-14(16)19(25)12-21(24)27/h3-13H,1-2H3. The van der Waals surface area contributed by atoms with Crippen LogP contribution in [-0.2, 0) is 0 Å². The highest BCUT2D eigenvalue weighted by molar-refractivity contribution is 9.10. The molecule has 29 heavy (non-hydrogen) atoms. The summed E-state index contributed by atoms with van der Waals surface area (Å²) in [6, 6.07) is 18.7. The summed E-state index contributed by atoms with van der Waals surface area (Å²) < 4.78 is 41.4. The normalized spacial score (nSPS) is 10.9. The molecular formula is C24H17BrF2O2. The third-order valence-corrected chi connectivity index (χ3v) is 5.56. The molecule has 0 aliphatic carbocycles. The van der Waals surface area contributed by atoms with Crippen molar-refractivity contribution in [1.82, 2.24) is 0 Å². The van der Waals surface area contributed by atoms with Gasteiger partial charge < -0.3 is 9.47 Å². The number of ether oxygens (including phenoxy) is 2. The first-order valence-electron chi connectivity index (χ1n) is 8.93. The highest BCUT2D eigenvalue weighted by Crippen LogP contribution is 2.45. The fraction of sp³-hybridized carbons (Fsp3) is 0.0833. The summed E-state index contributed by atoms with van der Waals surface area (Å²) in [7, 11) is 3.02. The third-order valence-electron chi connectivity index (χ3n) is 4.90. The smallest absolute Gasteiger partial charge is 0.132 e. The molecule has 0 N–H and O–H groups in total. The second-order valence-electron chi connectivity index (χ2n) is 6.49. The quantitative estimate of drug-likeness (QED) is 0.323. The van der Waals surface area contributed by atoms with Gasteiger partial charge in [-0.1, -0.05) is 58.4 Å². The second kappa shape index (κ2) is 7.84. The highest BCUT2D eigenvalue weighted by atomic mass is 79.9. The van der Waals surface area contributed by atoms with Crippen molar-refractivity contribution in [3.05, 3.63) is 82.8 Å². The topological polar surface area (TPSA) is 18.5 Å². The van der Waals surface area contributed by atoms with E-state index in [0.29, 0.717) is 38.2 Å². The lowest BCUT2D eigenvalue weighted by Gasteiger charge is -2.18. The summed E-state index contributed by atoms with van der Waals surface area (Å²) in [5.74, 6) is 0.0902. The fourth-order valence-corrected chi connectivity index (χ4v) is 4.10. The average Bonchev–Trinajstić information content (AvgIpc) is 2.74. The number of hydrogen-bond acceptors (Lipinski definition) is 2. The molecule has 0 unspecified atom stereocenters. The largest absolute Gasteiger partial charge is 0.496 e. The van der Waals surface area contributed by atoms with Gasteiger partial charge in [0, 0.05) is 32.8 Å². The van der Waals surface area contributed by atoms with Gasteiger partial charge in [-0.05, 0) is 29.0 Å². The van der Waals surface area contributed by atoms with Crippen molar-refractivity contribution >= 4 is 26.7 Å². The molecule has 0 saturated heterocycles. The third kappa shape index (κ3) is 3.36. The van der Waals surface area contributed by atoms with Crippen LogP contribution in [0.2, 0.25) is 0 Å². The molecule has 0 atom stereocenters. The summed E-state index contributed by atoms with van der Waals surface area (Å²) in [5, 5.41) is 1.59. The summed E-state index contributed by atoms with van der Waals surface area (Å²) in [4.78, 5) is 0. The van der Waals surface area contributed by atoms with Gasteiger partial charge in [0.25, 0.3) is 0 Å². The number of methoxy groups -OCH3 is 2. The fourth-order valence-electron chi connectivity index (χ4n) is 3.56. The molecule has 146 valence electrons. The van der Waals surface area contributed by atoms with Gasteiger partial charge in [-0.25, -0.2) is 8.78 Å². The molecule has 5 heteroatoms. The van der Waals surface area contributed by atoms with Crippen molar-refractivity contribution in [3.63, 3.8) is 0 Å². The zero-order chi connectivity index (χ0) is 20.5. The SMILES string of the molecule is COc1cc(OC)c(-c2c(F)cc(Br)c3ccccc23)cc1-c1ccccc1F. The molecule has 0 amide bonds. The van der Waals surface area contributed by atoms with E-state index in [-0.39, 0.29) is 5.82 Å². The lowest BCUT2D eigenvalue weighted by Crippen LogP contribution is -1.97. The Morgan fingerprint density at radius 3 is 1.97 bits per heavy atom. The van der Waals surface area contributed by atoms with Crippen LogP contribution >= 0.6 is 15.9 Å². The van der Waals surface area contributed by atoms with Crippen molar-refractivity contribution in [1.29, 1.82) is 0 Å². The molecule has 0 aromatic heterocycles. The van der Waals surface area contributed by atoms with Crippen LogP contribution < -0.4 is 9.47 Å². The first kappa shape index (κ1) is 19.4. The summed E-state index contributed by atoms with van der Waals surface area (Å²) in [5.41, 5.74) is 1.80. The van der Waals surface area contributed by atoms with Gasteiger partial charge in [0.15, 0.2) is 0 Å². The molecule has 0 aliphatic rings. The van der Waals surface area contributed by atoms with Crippen LogP contribution in [0, 0.1) is 11.6 Å². The van der Waals surface area contributed by atoms with Crippen LogP contribution in [0.4, 0.5) is 8.78 Å². The predicted octanol–water partition coefficient (Wildman–Crippen LogP) is 7.23. The zero-order valence-corrected chi connectivity index (χ0v) is 17.4. The first-order valence-corrected chi connectivity index (χ1v) is 9.72. The van der Waals surface area contributed by atoms with E-state index in [2.05, 4.69) is 15.9 Å². The summed E-state index contributed by atoms with van der Waals surface area (Å²) >= 11 is 3.43. The van der Waals surface area contributed by atoms with E-state index in [9.17, 15) is 4.39 Å². The molecule has 0 radical (unpaired) electrons. The van der Waals surface area contributed by atoms with E-state index in [0.717, 1.165) is 10.8 Å². The molecular weight excluding hydrogens is 438 g/mol.